The van der Waals surface area contributed by atoms with Gasteiger partial charge < -0.3 is 15.7 Å². The number of halogens is 1. The van der Waals surface area contributed by atoms with E-state index in [2.05, 4.69) is 10.6 Å². The number of urea groups is 1. The van der Waals surface area contributed by atoms with Crippen molar-refractivity contribution in [1.29, 1.82) is 0 Å². The first-order valence-corrected chi connectivity index (χ1v) is 8.73. The summed E-state index contributed by atoms with van der Waals surface area (Å²) in [5, 5.41) is 16.2. The Labute approximate surface area is 146 Å². The first kappa shape index (κ1) is 16.1. The van der Waals surface area contributed by atoms with Gasteiger partial charge in [0.05, 0.1) is 18.2 Å². The molecule has 0 heterocycles. The minimum atomic E-state index is -0.615. The predicted octanol–water partition coefficient (Wildman–Crippen LogP) is 3.16. The van der Waals surface area contributed by atoms with Crippen LogP contribution in [0.5, 0.6) is 0 Å². The van der Waals surface area contributed by atoms with Crippen molar-refractivity contribution in [3.05, 3.63) is 70.5 Å². The lowest BCUT2D eigenvalue weighted by molar-refractivity contribution is 0.141. The second-order valence-electron chi connectivity index (χ2n) is 6.85. The Hall–Kier alpha value is -2.40. The summed E-state index contributed by atoms with van der Waals surface area (Å²) in [6.45, 7) is 0. The van der Waals surface area contributed by atoms with Crippen molar-refractivity contribution in [2.45, 2.75) is 43.9 Å². The highest BCUT2D eigenvalue weighted by molar-refractivity contribution is 5.75. The average molecular weight is 340 g/mol. The molecule has 0 saturated heterocycles. The number of aryl methyl sites for hydroxylation is 1. The number of aliphatic hydroxyl groups excluding tert-OH is 1. The summed E-state index contributed by atoms with van der Waals surface area (Å²) in [6, 6.07) is 11.7. The van der Waals surface area contributed by atoms with Crippen LogP contribution in [0.3, 0.4) is 0 Å². The second kappa shape index (κ2) is 6.48. The lowest BCUT2D eigenvalue weighted by Crippen LogP contribution is -2.43. The Kier molecular flexibility index (Phi) is 4.17. The third-order valence-electron chi connectivity index (χ3n) is 5.22. The van der Waals surface area contributed by atoms with Gasteiger partial charge >= 0.3 is 6.03 Å². The number of fused-ring (bicyclic) bond motifs is 2. The molecule has 0 spiro atoms. The number of carbonyl (C=O) groups is 1. The zero-order valence-electron chi connectivity index (χ0n) is 13.8. The van der Waals surface area contributed by atoms with E-state index >= 15 is 0 Å². The maximum atomic E-state index is 13.4. The molecule has 0 fully saturated rings. The summed E-state index contributed by atoms with van der Waals surface area (Å²) >= 11 is 0. The van der Waals surface area contributed by atoms with Crippen LogP contribution in [0.1, 0.15) is 47.2 Å². The fourth-order valence-electron chi connectivity index (χ4n) is 4.02. The monoisotopic (exact) mass is 340 g/mol. The van der Waals surface area contributed by atoms with Gasteiger partial charge in [-0.2, -0.15) is 0 Å². The van der Waals surface area contributed by atoms with Gasteiger partial charge in [0.1, 0.15) is 5.82 Å². The van der Waals surface area contributed by atoms with E-state index in [1.807, 2.05) is 24.3 Å². The highest BCUT2D eigenvalue weighted by Crippen LogP contribution is 2.32. The van der Waals surface area contributed by atoms with Gasteiger partial charge in [-0.15, -0.1) is 0 Å². The minimum Gasteiger partial charge on any atom is -0.390 e. The third-order valence-corrected chi connectivity index (χ3v) is 5.22. The van der Waals surface area contributed by atoms with Gasteiger partial charge in [-0.05, 0) is 53.6 Å². The molecular formula is C20H21FN2O2. The minimum absolute atomic E-state index is 0.127. The van der Waals surface area contributed by atoms with Crippen LogP contribution in [0.4, 0.5) is 9.18 Å². The topological polar surface area (TPSA) is 61.4 Å². The first-order valence-electron chi connectivity index (χ1n) is 8.73. The number of rotatable bonds is 2. The van der Waals surface area contributed by atoms with Crippen LogP contribution < -0.4 is 10.6 Å². The molecule has 25 heavy (non-hydrogen) atoms. The lowest BCUT2D eigenvalue weighted by atomic mass is 9.87. The van der Waals surface area contributed by atoms with E-state index in [9.17, 15) is 14.3 Å². The van der Waals surface area contributed by atoms with E-state index in [-0.39, 0.29) is 17.9 Å². The van der Waals surface area contributed by atoms with E-state index in [4.69, 9.17) is 0 Å². The molecule has 2 aliphatic carbocycles. The molecule has 1 unspecified atom stereocenters. The standard InChI is InChI=1S/C20H21FN2O2/c21-14-8-9-15-12(10-14)5-3-7-17(15)22-20(25)23-19-16-6-2-1-4-13(16)11-18(19)24/h1-2,4,6,8-10,17-19,24H,3,5,7,11H2,(H2,22,23,25)/t17?,18-,19+/m0/s1. The molecule has 4 nitrogen and oxygen atoms in total. The number of hydrogen-bond donors (Lipinski definition) is 3. The molecule has 5 heteroatoms. The zero-order chi connectivity index (χ0) is 17.4. The molecular weight excluding hydrogens is 319 g/mol. The van der Waals surface area contributed by atoms with Crippen LogP contribution in [0.25, 0.3) is 0 Å². The van der Waals surface area contributed by atoms with Crippen LogP contribution in [-0.2, 0) is 12.8 Å². The molecule has 3 N–H and O–H groups in total. The Morgan fingerprint density at radius 2 is 1.92 bits per heavy atom. The van der Waals surface area contributed by atoms with Gasteiger partial charge in [0.15, 0.2) is 0 Å². The third kappa shape index (κ3) is 3.12. The largest absolute Gasteiger partial charge is 0.390 e. The Bertz CT molecular complexity index is 808. The first-order chi connectivity index (χ1) is 12.1. The summed E-state index contributed by atoms with van der Waals surface area (Å²) in [5.74, 6) is -0.241. The van der Waals surface area contributed by atoms with E-state index in [0.717, 1.165) is 41.5 Å². The molecule has 2 aliphatic rings. The van der Waals surface area contributed by atoms with Crippen LogP contribution in [0.15, 0.2) is 42.5 Å². The van der Waals surface area contributed by atoms with Crippen molar-refractivity contribution < 1.29 is 14.3 Å². The summed E-state index contributed by atoms with van der Waals surface area (Å²) < 4.78 is 13.4. The van der Waals surface area contributed by atoms with Gasteiger partial charge in [-0.25, -0.2) is 9.18 Å². The number of nitrogens with one attached hydrogen (secondary N) is 2. The molecule has 0 radical (unpaired) electrons. The van der Waals surface area contributed by atoms with E-state index in [0.29, 0.717) is 6.42 Å². The highest BCUT2D eigenvalue weighted by Gasteiger charge is 2.32. The SMILES string of the molecule is O=C(NC1CCCc2cc(F)ccc21)N[C@@H]1c2ccccc2C[C@@H]1O. The fourth-order valence-corrected chi connectivity index (χ4v) is 4.02. The van der Waals surface area contributed by atoms with E-state index in [1.54, 1.807) is 12.1 Å². The van der Waals surface area contributed by atoms with Crippen LogP contribution in [0.2, 0.25) is 0 Å². The van der Waals surface area contributed by atoms with Gasteiger partial charge in [-0.1, -0.05) is 30.3 Å². The van der Waals surface area contributed by atoms with Crippen molar-refractivity contribution >= 4 is 6.03 Å². The average Bonchev–Trinajstić information content (AvgIpc) is 2.90. The number of aliphatic hydroxyl groups is 1. The van der Waals surface area contributed by atoms with Crippen molar-refractivity contribution in [3.8, 4) is 0 Å². The zero-order valence-corrected chi connectivity index (χ0v) is 13.8. The quantitative estimate of drug-likeness (QED) is 0.786. The van der Waals surface area contributed by atoms with Crippen LogP contribution in [0, 0.1) is 5.82 Å². The van der Waals surface area contributed by atoms with Gasteiger partial charge in [-0.3, -0.25) is 0 Å². The van der Waals surface area contributed by atoms with Gasteiger partial charge in [0.25, 0.3) is 0 Å². The highest BCUT2D eigenvalue weighted by atomic mass is 19.1. The molecule has 3 atom stereocenters. The normalized spacial score (nSPS) is 24.3. The Morgan fingerprint density at radius 3 is 2.80 bits per heavy atom. The van der Waals surface area contributed by atoms with Crippen LogP contribution in [-0.4, -0.2) is 17.2 Å². The number of hydrogen-bond acceptors (Lipinski definition) is 2. The fraction of sp³-hybridized carbons (Fsp3) is 0.350. The Morgan fingerprint density at radius 1 is 1.08 bits per heavy atom. The summed E-state index contributed by atoms with van der Waals surface area (Å²) in [7, 11) is 0. The molecule has 0 aliphatic heterocycles. The summed E-state index contributed by atoms with van der Waals surface area (Å²) in [6.07, 6.45) is 2.51. The van der Waals surface area contributed by atoms with Crippen LogP contribution >= 0.6 is 0 Å². The van der Waals surface area contributed by atoms with Crippen molar-refractivity contribution in [3.63, 3.8) is 0 Å². The summed E-state index contributed by atoms with van der Waals surface area (Å²) in [5.41, 5.74) is 3.98. The molecule has 2 aromatic rings. The van der Waals surface area contributed by atoms with E-state index in [1.165, 1.54) is 6.07 Å². The Balaban J connectivity index is 1.47. The predicted molar refractivity (Wildman–Crippen MR) is 92.6 cm³/mol. The van der Waals surface area contributed by atoms with Gasteiger partial charge in [0.2, 0.25) is 0 Å². The second-order valence-corrected chi connectivity index (χ2v) is 6.85. The number of benzene rings is 2. The van der Waals surface area contributed by atoms with Gasteiger partial charge in [0, 0.05) is 6.42 Å². The molecule has 0 saturated carbocycles. The summed E-state index contributed by atoms with van der Waals surface area (Å²) in [4.78, 5) is 12.5. The maximum absolute atomic E-state index is 13.4. The molecule has 4 rings (SSSR count). The van der Waals surface area contributed by atoms with Crippen molar-refractivity contribution in [2.24, 2.45) is 0 Å². The molecule has 0 aromatic heterocycles. The number of carbonyl (C=O) groups excluding carboxylic acids is 1. The number of amides is 2. The lowest BCUT2D eigenvalue weighted by Gasteiger charge is -2.27. The molecule has 130 valence electrons. The van der Waals surface area contributed by atoms with Crippen molar-refractivity contribution in [1.82, 2.24) is 10.6 Å². The van der Waals surface area contributed by atoms with E-state index < -0.39 is 12.1 Å². The molecule has 2 amide bonds. The maximum Gasteiger partial charge on any atom is 0.315 e. The molecule has 2 aromatic carbocycles. The molecule has 0 bridgehead atoms. The smallest absolute Gasteiger partial charge is 0.315 e. The van der Waals surface area contributed by atoms with Crippen molar-refractivity contribution in [2.75, 3.05) is 0 Å².